The van der Waals surface area contributed by atoms with Crippen molar-refractivity contribution in [2.45, 2.75) is 6.18 Å². The molecule has 0 unspecified atom stereocenters. The maximum absolute atomic E-state index is 14.3. The molecule has 2 aromatic carbocycles. The van der Waals surface area contributed by atoms with E-state index in [1.54, 1.807) is 0 Å². The first-order chi connectivity index (χ1) is 13.2. The first-order valence-electron chi connectivity index (χ1n) is 8.10. The molecule has 146 valence electrons. The van der Waals surface area contributed by atoms with Crippen molar-refractivity contribution in [3.05, 3.63) is 70.5 Å². The van der Waals surface area contributed by atoms with Gasteiger partial charge < -0.3 is 16.2 Å². The second-order valence-corrected chi connectivity index (χ2v) is 6.00. The number of nitrogens with two attached hydrogens (primary N) is 2. The number of aliphatic imine (C=N–C) groups is 1. The molecule has 3 rings (SSSR count). The van der Waals surface area contributed by atoms with E-state index in [0.29, 0.717) is 17.4 Å². The zero-order chi connectivity index (χ0) is 20.5. The van der Waals surface area contributed by atoms with E-state index < -0.39 is 23.3 Å². The molecule has 0 aromatic heterocycles. The lowest BCUT2D eigenvalue weighted by molar-refractivity contribution is -0.137. The minimum absolute atomic E-state index is 0.0549. The zero-order valence-electron chi connectivity index (χ0n) is 14.4. The lowest BCUT2D eigenvalue weighted by Crippen LogP contribution is -2.24. The number of nitrogens with zero attached hydrogens (tertiary/aromatic N) is 1. The summed E-state index contributed by atoms with van der Waals surface area (Å²) >= 11 is 0. The number of alkyl halides is 3. The van der Waals surface area contributed by atoms with E-state index in [2.05, 4.69) is 4.99 Å². The van der Waals surface area contributed by atoms with Crippen LogP contribution < -0.4 is 16.2 Å². The van der Waals surface area contributed by atoms with Crippen LogP contribution in [0.3, 0.4) is 0 Å². The Balaban J connectivity index is 2.05. The summed E-state index contributed by atoms with van der Waals surface area (Å²) in [7, 11) is 0. The first-order valence-corrected chi connectivity index (χ1v) is 8.10. The van der Waals surface area contributed by atoms with Crippen molar-refractivity contribution in [1.29, 1.82) is 0 Å². The van der Waals surface area contributed by atoms with Crippen molar-refractivity contribution in [3.63, 3.8) is 0 Å². The Morgan fingerprint density at radius 2 is 1.86 bits per heavy atom. The van der Waals surface area contributed by atoms with Crippen LogP contribution in [0, 0.1) is 5.82 Å². The van der Waals surface area contributed by atoms with E-state index in [0.717, 1.165) is 12.1 Å². The predicted molar refractivity (Wildman–Crippen MR) is 95.4 cm³/mol. The second-order valence-electron chi connectivity index (χ2n) is 6.00. The first kappa shape index (κ1) is 19.4. The highest BCUT2D eigenvalue weighted by Gasteiger charge is 2.32. The smallest absolute Gasteiger partial charge is 0.416 e. The van der Waals surface area contributed by atoms with Crippen LogP contribution in [0.2, 0.25) is 0 Å². The van der Waals surface area contributed by atoms with E-state index in [1.165, 1.54) is 24.3 Å². The van der Waals surface area contributed by atoms with Gasteiger partial charge in [0.1, 0.15) is 24.7 Å². The van der Waals surface area contributed by atoms with Crippen molar-refractivity contribution in [2.75, 3.05) is 13.2 Å². The fourth-order valence-corrected chi connectivity index (χ4v) is 2.78. The van der Waals surface area contributed by atoms with Crippen LogP contribution in [0.4, 0.5) is 17.6 Å². The number of benzene rings is 2. The van der Waals surface area contributed by atoms with Crippen LogP contribution in [0.25, 0.3) is 5.57 Å². The molecule has 28 heavy (non-hydrogen) atoms. The van der Waals surface area contributed by atoms with Crippen LogP contribution in [0.1, 0.15) is 27.0 Å². The zero-order valence-corrected chi connectivity index (χ0v) is 14.4. The highest BCUT2D eigenvalue weighted by atomic mass is 19.4. The summed E-state index contributed by atoms with van der Waals surface area (Å²) in [5, 5.41) is 0. The molecule has 2 aromatic rings. The van der Waals surface area contributed by atoms with Gasteiger partial charge >= 0.3 is 6.18 Å². The van der Waals surface area contributed by atoms with Crippen molar-refractivity contribution in [3.8, 4) is 5.75 Å². The number of rotatable bonds is 4. The van der Waals surface area contributed by atoms with E-state index in [1.807, 2.05) is 0 Å². The summed E-state index contributed by atoms with van der Waals surface area (Å²) in [6.45, 7) is -0.238. The van der Waals surface area contributed by atoms with E-state index in [4.69, 9.17) is 16.2 Å². The van der Waals surface area contributed by atoms with Crippen LogP contribution >= 0.6 is 0 Å². The second kappa shape index (κ2) is 7.34. The van der Waals surface area contributed by atoms with Crippen LogP contribution in [0.5, 0.6) is 5.75 Å². The molecule has 0 amide bonds. The van der Waals surface area contributed by atoms with Crippen LogP contribution in [0.15, 0.2) is 47.5 Å². The summed E-state index contributed by atoms with van der Waals surface area (Å²) in [5.74, 6) is -1.15. The molecule has 0 aliphatic carbocycles. The quantitative estimate of drug-likeness (QED) is 0.361. The molecule has 9 heteroatoms. The number of guanidine groups is 1. The monoisotopic (exact) mass is 393 g/mol. The summed E-state index contributed by atoms with van der Waals surface area (Å²) < 4.78 is 58.9. The predicted octanol–water partition coefficient (Wildman–Crippen LogP) is 3.12. The Morgan fingerprint density at radius 3 is 2.54 bits per heavy atom. The third-order valence-electron chi connectivity index (χ3n) is 4.11. The van der Waals surface area contributed by atoms with Crippen LogP contribution in [-0.2, 0) is 6.18 Å². The SMILES string of the molecule is NC(N)=NCC(=O)c1ccc2c(c1)C(c1cc(C(F)(F)F)ccc1F)=CCO2. The molecule has 4 N–H and O–H groups in total. The molecular weight excluding hydrogens is 378 g/mol. The minimum Gasteiger partial charge on any atom is -0.489 e. The Bertz CT molecular complexity index is 993. The van der Waals surface area contributed by atoms with Gasteiger partial charge in [0.15, 0.2) is 11.7 Å². The maximum atomic E-state index is 14.3. The third kappa shape index (κ3) is 3.98. The normalized spacial score (nSPS) is 13.2. The average Bonchev–Trinajstić information content (AvgIpc) is 2.64. The lowest BCUT2D eigenvalue weighted by atomic mass is 9.92. The van der Waals surface area contributed by atoms with E-state index in [9.17, 15) is 22.4 Å². The fraction of sp³-hybridized carbons (Fsp3) is 0.158. The van der Waals surface area contributed by atoms with Gasteiger partial charge in [0.2, 0.25) is 0 Å². The molecule has 0 spiro atoms. The number of fused-ring (bicyclic) bond motifs is 1. The molecule has 0 bridgehead atoms. The highest BCUT2D eigenvalue weighted by molar-refractivity contribution is 6.00. The van der Waals surface area contributed by atoms with Gasteiger partial charge in [-0.25, -0.2) is 9.38 Å². The Labute approximate surface area is 157 Å². The van der Waals surface area contributed by atoms with Gasteiger partial charge in [-0.05, 0) is 48.0 Å². The van der Waals surface area contributed by atoms with E-state index >= 15 is 0 Å². The highest BCUT2D eigenvalue weighted by Crippen LogP contribution is 2.38. The van der Waals surface area contributed by atoms with Gasteiger partial charge in [-0.15, -0.1) is 0 Å². The summed E-state index contributed by atoms with van der Waals surface area (Å²) in [5.41, 5.74) is 9.94. The van der Waals surface area contributed by atoms with Gasteiger partial charge in [-0.3, -0.25) is 4.79 Å². The van der Waals surface area contributed by atoms with Crippen molar-refractivity contribution >= 4 is 17.3 Å². The minimum atomic E-state index is -4.62. The summed E-state index contributed by atoms with van der Waals surface area (Å²) in [4.78, 5) is 15.9. The van der Waals surface area contributed by atoms with E-state index in [-0.39, 0.29) is 35.8 Å². The Hall–Kier alpha value is -3.36. The Kier molecular flexibility index (Phi) is 5.08. The van der Waals surface area contributed by atoms with Gasteiger partial charge in [0, 0.05) is 16.7 Å². The number of hydrogen-bond donors (Lipinski definition) is 2. The topological polar surface area (TPSA) is 90.7 Å². The largest absolute Gasteiger partial charge is 0.489 e. The standard InChI is InChI=1S/C19H15F4N3O2/c20-15-3-2-11(19(21,22)23)8-13(15)12-5-6-28-17-4-1-10(7-14(12)17)16(27)9-26-18(24)25/h1-5,7-8H,6,9H2,(H4,24,25,26). The maximum Gasteiger partial charge on any atom is 0.416 e. The van der Waals surface area contributed by atoms with Gasteiger partial charge in [0.25, 0.3) is 0 Å². The number of carbonyl (C=O) groups is 1. The van der Waals surface area contributed by atoms with Gasteiger partial charge in [-0.2, -0.15) is 13.2 Å². The molecule has 0 radical (unpaired) electrons. The average molecular weight is 393 g/mol. The Morgan fingerprint density at radius 1 is 1.11 bits per heavy atom. The van der Waals surface area contributed by atoms with Gasteiger partial charge in [-0.1, -0.05) is 0 Å². The number of carbonyl (C=O) groups excluding carboxylic acids is 1. The third-order valence-corrected chi connectivity index (χ3v) is 4.11. The lowest BCUT2D eigenvalue weighted by Gasteiger charge is -2.21. The van der Waals surface area contributed by atoms with Crippen molar-refractivity contribution in [2.24, 2.45) is 16.5 Å². The molecule has 5 nitrogen and oxygen atoms in total. The van der Waals surface area contributed by atoms with Crippen molar-refractivity contribution < 1.29 is 27.1 Å². The fourth-order valence-electron chi connectivity index (χ4n) is 2.78. The molecule has 0 atom stereocenters. The summed E-state index contributed by atoms with van der Waals surface area (Å²) in [6.07, 6.45) is -3.15. The number of Topliss-reactive ketones (excluding diaryl/α,β-unsaturated/α-hetero) is 1. The molecular formula is C19H15F4N3O2. The molecule has 0 saturated heterocycles. The van der Waals surface area contributed by atoms with Crippen molar-refractivity contribution in [1.82, 2.24) is 0 Å². The molecule has 0 fully saturated rings. The molecule has 1 heterocycles. The number of hydrogen-bond acceptors (Lipinski definition) is 3. The number of ether oxygens (including phenoxy) is 1. The molecule has 0 saturated carbocycles. The number of ketones is 1. The summed E-state index contributed by atoms with van der Waals surface area (Å²) in [6, 6.07) is 6.58. The molecule has 1 aliphatic heterocycles. The molecule has 1 aliphatic rings. The van der Waals surface area contributed by atoms with Crippen LogP contribution in [-0.4, -0.2) is 24.9 Å². The van der Waals surface area contributed by atoms with Gasteiger partial charge in [0.05, 0.1) is 5.56 Å². The number of halogens is 4.